The molecule has 3 rings (SSSR count). The molecule has 31 heavy (non-hydrogen) atoms. The minimum absolute atomic E-state index is 0.00961. The Morgan fingerprint density at radius 1 is 1.13 bits per heavy atom. The molecule has 2 fully saturated rings. The lowest BCUT2D eigenvalue weighted by Crippen LogP contribution is -2.51. The van der Waals surface area contributed by atoms with Crippen LogP contribution in [0.15, 0.2) is 18.7 Å². The van der Waals surface area contributed by atoms with Gasteiger partial charge in [0, 0.05) is 55.6 Å². The molecule has 1 saturated heterocycles. The lowest BCUT2D eigenvalue weighted by atomic mass is 9.88. The van der Waals surface area contributed by atoms with Crippen LogP contribution in [0.4, 0.5) is 0 Å². The molecule has 1 aliphatic carbocycles. The number of likely N-dealkylation sites (N-methyl/N-ethyl adjacent to an activating group) is 1. The van der Waals surface area contributed by atoms with E-state index in [4.69, 9.17) is 5.41 Å². The van der Waals surface area contributed by atoms with Crippen molar-refractivity contribution in [3.05, 3.63) is 29.8 Å². The van der Waals surface area contributed by atoms with Gasteiger partial charge in [-0.3, -0.25) is 15.1 Å². The molecule has 1 aliphatic heterocycles. The number of benzene rings is 1. The molecular weight excluding hydrogens is 392 g/mol. The normalized spacial score (nSPS) is 23.0. The summed E-state index contributed by atoms with van der Waals surface area (Å²) in [6.07, 6.45) is 4.30. The Bertz CT molecular complexity index is 822. The Morgan fingerprint density at radius 3 is 2.29 bits per heavy atom. The second-order valence-corrected chi connectivity index (χ2v) is 9.20. The fourth-order valence-electron chi connectivity index (χ4n) is 4.91. The monoisotopic (exact) mass is 428 g/mol. The summed E-state index contributed by atoms with van der Waals surface area (Å²) in [5.74, 6) is -0.146. The van der Waals surface area contributed by atoms with Gasteiger partial charge in [-0.25, -0.2) is 0 Å². The van der Waals surface area contributed by atoms with Crippen LogP contribution in [0, 0.1) is 5.41 Å². The zero-order valence-corrected chi connectivity index (χ0v) is 19.0. The van der Waals surface area contributed by atoms with Gasteiger partial charge in [0.15, 0.2) is 12.1 Å². The van der Waals surface area contributed by atoms with Crippen molar-refractivity contribution in [1.82, 2.24) is 14.7 Å². The molecule has 1 aromatic rings. The number of amidine groups is 1. The number of piperazine rings is 1. The van der Waals surface area contributed by atoms with Crippen LogP contribution in [-0.2, 0) is 4.79 Å². The van der Waals surface area contributed by atoms with Gasteiger partial charge in [0.25, 0.3) is 0 Å². The second-order valence-electron chi connectivity index (χ2n) is 9.20. The van der Waals surface area contributed by atoms with Gasteiger partial charge < -0.3 is 20.0 Å². The number of nitrogens with one attached hydrogen (secondary N) is 1. The summed E-state index contributed by atoms with van der Waals surface area (Å²) < 4.78 is 0. The number of phenolic OH excluding ortho intramolecular Hbond substituents is 2. The number of nitrogens with zero attached hydrogens (tertiary/aromatic N) is 3. The minimum atomic E-state index is -0.147. The van der Waals surface area contributed by atoms with E-state index in [1.54, 1.807) is 11.0 Å². The topological polar surface area (TPSA) is 91.1 Å². The second kappa shape index (κ2) is 9.83. The van der Waals surface area contributed by atoms with Crippen molar-refractivity contribution >= 4 is 17.8 Å². The molecule has 0 unspecified atom stereocenters. The SMILES string of the molecule is C=C(c1cc(C(C)C)c(O)cc1O)N(C(=N)C=O)C1CCC(N2CCN(C)CC2)CC1. The maximum Gasteiger partial charge on any atom is 0.185 e. The van der Waals surface area contributed by atoms with Crippen LogP contribution < -0.4 is 0 Å². The van der Waals surface area contributed by atoms with E-state index >= 15 is 0 Å². The highest BCUT2D eigenvalue weighted by atomic mass is 16.3. The molecule has 0 spiro atoms. The molecule has 0 atom stereocenters. The third kappa shape index (κ3) is 5.10. The smallest absolute Gasteiger partial charge is 0.185 e. The maximum atomic E-state index is 11.6. The van der Waals surface area contributed by atoms with Gasteiger partial charge in [0.1, 0.15) is 11.5 Å². The first-order valence-electron chi connectivity index (χ1n) is 11.2. The van der Waals surface area contributed by atoms with Crippen molar-refractivity contribution in [2.45, 2.75) is 57.5 Å². The number of rotatable bonds is 6. The van der Waals surface area contributed by atoms with E-state index in [1.165, 1.54) is 6.07 Å². The van der Waals surface area contributed by atoms with E-state index in [9.17, 15) is 15.0 Å². The van der Waals surface area contributed by atoms with E-state index in [0.29, 0.717) is 29.2 Å². The molecule has 170 valence electrons. The number of aldehydes is 1. The third-order valence-corrected chi connectivity index (χ3v) is 6.83. The van der Waals surface area contributed by atoms with Crippen molar-refractivity contribution in [3.63, 3.8) is 0 Å². The van der Waals surface area contributed by atoms with Crippen molar-refractivity contribution < 1.29 is 15.0 Å². The van der Waals surface area contributed by atoms with Crippen LogP contribution in [0.25, 0.3) is 5.70 Å². The molecule has 0 aromatic heterocycles. The molecular formula is C24H36N4O3. The number of phenols is 2. The Hall–Kier alpha value is -2.38. The van der Waals surface area contributed by atoms with Crippen LogP contribution in [0.5, 0.6) is 11.5 Å². The van der Waals surface area contributed by atoms with Crippen LogP contribution in [0.3, 0.4) is 0 Å². The van der Waals surface area contributed by atoms with Crippen LogP contribution in [0.1, 0.15) is 56.6 Å². The average molecular weight is 429 g/mol. The van der Waals surface area contributed by atoms with Crippen molar-refractivity contribution in [2.24, 2.45) is 0 Å². The fraction of sp³-hybridized carbons (Fsp3) is 0.583. The molecule has 1 heterocycles. The molecule has 0 amide bonds. The minimum Gasteiger partial charge on any atom is -0.508 e. The largest absolute Gasteiger partial charge is 0.508 e. The predicted molar refractivity (Wildman–Crippen MR) is 124 cm³/mol. The number of hydrogen-bond acceptors (Lipinski definition) is 6. The summed E-state index contributed by atoms with van der Waals surface area (Å²) in [6, 6.07) is 3.58. The zero-order chi connectivity index (χ0) is 22.7. The lowest BCUT2D eigenvalue weighted by Gasteiger charge is -2.43. The highest BCUT2D eigenvalue weighted by Gasteiger charge is 2.33. The molecule has 7 nitrogen and oxygen atoms in total. The Labute approximate surface area is 185 Å². The molecule has 1 saturated carbocycles. The first-order chi connectivity index (χ1) is 14.7. The van der Waals surface area contributed by atoms with Gasteiger partial charge in [0.05, 0.1) is 0 Å². The van der Waals surface area contributed by atoms with Crippen molar-refractivity contribution in [2.75, 3.05) is 33.2 Å². The van der Waals surface area contributed by atoms with E-state index in [1.807, 2.05) is 13.8 Å². The van der Waals surface area contributed by atoms with Gasteiger partial charge in [-0.05, 0) is 50.3 Å². The van der Waals surface area contributed by atoms with Gasteiger partial charge in [-0.1, -0.05) is 20.4 Å². The quantitative estimate of drug-likeness (QED) is 0.366. The Balaban J connectivity index is 1.77. The predicted octanol–water partition coefficient (Wildman–Crippen LogP) is 3.23. The summed E-state index contributed by atoms with van der Waals surface area (Å²) in [4.78, 5) is 18.2. The first kappa shape index (κ1) is 23.3. The molecule has 1 aromatic carbocycles. The summed E-state index contributed by atoms with van der Waals surface area (Å²) in [5, 5.41) is 28.9. The van der Waals surface area contributed by atoms with E-state index in [0.717, 1.165) is 51.9 Å². The van der Waals surface area contributed by atoms with Crippen LogP contribution >= 0.6 is 0 Å². The lowest BCUT2D eigenvalue weighted by molar-refractivity contribution is -0.103. The Morgan fingerprint density at radius 2 is 1.74 bits per heavy atom. The number of carbonyl (C=O) groups is 1. The van der Waals surface area contributed by atoms with Crippen LogP contribution in [-0.4, -0.2) is 82.3 Å². The van der Waals surface area contributed by atoms with Crippen molar-refractivity contribution in [1.29, 1.82) is 5.41 Å². The first-order valence-corrected chi connectivity index (χ1v) is 11.2. The number of carbonyl (C=O) groups excluding carboxylic acids is 1. The van der Waals surface area contributed by atoms with E-state index in [-0.39, 0.29) is 29.3 Å². The molecule has 7 heteroatoms. The van der Waals surface area contributed by atoms with Crippen molar-refractivity contribution in [3.8, 4) is 11.5 Å². The molecule has 0 radical (unpaired) electrons. The number of hydrogen-bond donors (Lipinski definition) is 3. The molecule has 0 bridgehead atoms. The van der Waals surface area contributed by atoms with Crippen LogP contribution in [0.2, 0.25) is 0 Å². The van der Waals surface area contributed by atoms with Gasteiger partial charge in [-0.15, -0.1) is 0 Å². The molecule has 3 N–H and O–H groups in total. The molecule has 2 aliphatic rings. The van der Waals surface area contributed by atoms with Gasteiger partial charge in [0.2, 0.25) is 0 Å². The zero-order valence-electron chi connectivity index (χ0n) is 19.0. The highest BCUT2D eigenvalue weighted by molar-refractivity contribution is 6.27. The average Bonchev–Trinajstić information content (AvgIpc) is 2.74. The third-order valence-electron chi connectivity index (χ3n) is 6.83. The van der Waals surface area contributed by atoms with E-state index < -0.39 is 0 Å². The van der Waals surface area contributed by atoms with Gasteiger partial charge >= 0.3 is 0 Å². The standard InChI is InChI=1S/C24H36N4O3/c1-16(2)20-13-21(23(31)14-22(20)30)17(3)28(24(25)15-29)19-7-5-18(6-8-19)27-11-9-26(4)10-12-27/h13-16,18-19,25,30-31H,3,5-12H2,1-2,4H3. The number of aromatic hydroxyl groups is 2. The van der Waals surface area contributed by atoms with E-state index in [2.05, 4.69) is 23.4 Å². The maximum absolute atomic E-state index is 11.6. The fourth-order valence-corrected chi connectivity index (χ4v) is 4.91. The summed E-state index contributed by atoms with van der Waals surface area (Å²) in [6.45, 7) is 12.4. The summed E-state index contributed by atoms with van der Waals surface area (Å²) in [7, 11) is 2.16. The summed E-state index contributed by atoms with van der Waals surface area (Å²) in [5.41, 5.74) is 1.58. The highest BCUT2D eigenvalue weighted by Crippen LogP contribution is 2.38. The summed E-state index contributed by atoms with van der Waals surface area (Å²) >= 11 is 0. The Kier molecular flexibility index (Phi) is 7.38. The van der Waals surface area contributed by atoms with Gasteiger partial charge in [-0.2, -0.15) is 0 Å².